The Kier molecular flexibility index (Phi) is 4.39. The highest BCUT2D eigenvalue weighted by molar-refractivity contribution is 5.97. The maximum atomic E-state index is 12.3. The second kappa shape index (κ2) is 6.05. The molecule has 1 fully saturated rings. The van der Waals surface area contributed by atoms with Crippen molar-refractivity contribution in [2.24, 2.45) is 0 Å². The topological polar surface area (TPSA) is 53.9 Å². The van der Waals surface area contributed by atoms with Crippen molar-refractivity contribution in [3.8, 4) is 0 Å². The highest BCUT2D eigenvalue weighted by atomic mass is 16.2. The molecule has 0 radical (unpaired) electrons. The summed E-state index contributed by atoms with van der Waals surface area (Å²) in [5, 5.41) is 2.66. The Bertz CT molecular complexity index is 516. The zero-order valence-corrected chi connectivity index (χ0v) is 12.3. The molecule has 1 aliphatic rings. The first-order valence-electron chi connectivity index (χ1n) is 6.96. The fourth-order valence-corrected chi connectivity index (χ4v) is 2.39. The molecule has 2 atom stereocenters. The van der Waals surface area contributed by atoms with Crippen molar-refractivity contribution in [1.29, 1.82) is 0 Å². The highest BCUT2D eigenvalue weighted by Gasteiger charge is 2.33. The molecule has 5 heteroatoms. The molecule has 2 N–H and O–H groups in total. The van der Waals surface area contributed by atoms with E-state index in [-0.39, 0.29) is 18.0 Å². The summed E-state index contributed by atoms with van der Waals surface area (Å²) in [6, 6.07) is 7.67. The minimum Gasteiger partial charge on any atom is -0.336 e. The maximum absolute atomic E-state index is 12.3. The van der Waals surface area contributed by atoms with Crippen molar-refractivity contribution in [1.82, 2.24) is 10.2 Å². The molecule has 0 aliphatic carbocycles. The van der Waals surface area contributed by atoms with Crippen LogP contribution in [0.25, 0.3) is 0 Å². The van der Waals surface area contributed by atoms with Gasteiger partial charge in [0.05, 0.1) is 7.05 Å². The third kappa shape index (κ3) is 2.99. The lowest BCUT2D eigenvalue weighted by molar-refractivity contribution is -0.908. The Balaban J connectivity index is 2.01. The summed E-state index contributed by atoms with van der Waals surface area (Å²) in [5.41, 5.74) is 2.46. The second-order valence-electron chi connectivity index (χ2n) is 5.39. The van der Waals surface area contributed by atoms with E-state index in [1.54, 1.807) is 0 Å². The number of rotatable bonds is 4. The summed E-state index contributed by atoms with van der Waals surface area (Å²) in [7, 11) is 1.99. The first-order valence-corrected chi connectivity index (χ1v) is 6.96. The van der Waals surface area contributed by atoms with E-state index in [1.165, 1.54) is 16.0 Å². The average molecular weight is 276 g/mol. The smallest absolute Gasteiger partial charge is 0.324 e. The fourth-order valence-electron chi connectivity index (χ4n) is 2.39. The van der Waals surface area contributed by atoms with Crippen LogP contribution in [0.1, 0.15) is 18.1 Å². The van der Waals surface area contributed by atoms with E-state index in [0.29, 0.717) is 13.1 Å². The van der Waals surface area contributed by atoms with Crippen LogP contribution in [0.5, 0.6) is 0 Å². The highest BCUT2D eigenvalue weighted by Crippen LogP contribution is 2.05. The molecule has 3 amide bonds. The molecule has 1 aromatic carbocycles. The van der Waals surface area contributed by atoms with E-state index in [2.05, 4.69) is 24.4 Å². The summed E-state index contributed by atoms with van der Waals surface area (Å²) in [6.07, 6.45) is 0. The van der Waals surface area contributed by atoms with Gasteiger partial charge in [0.1, 0.15) is 6.54 Å². The van der Waals surface area contributed by atoms with Gasteiger partial charge in [-0.2, -0.15) is 0 Å². The maximum Gasteiger partial charge on any atom is 0.324 e. The zero-order chi connectivity index (χ0) is 14.7. The molecule has 1 unspecified atom stereocenters. The molecule has 0 bridgehead atoms. The van der Waals surface area contributed by atoms with Crippen LogP contribution in [-0.4, -0.2) is 43.0 Å². The van der Waals surface area contributed by atoms with Gasteiger partial charge in [-0.3, -0.25) is 9.69 Å². The van der Waals surface area contributed by atoms with E-state index >= 15 is 0 Å². The van der Waals surface area contributed by atoms with E-state index in [1.807, 2.05) is 26.1 Å². The summed E-state index contributed by atoms with van der Waals surface area (Å²) < 4.78 is 0. The number of urea groups is 1. The lowest BCUT2D eigenvalue weighted by atomic mass is 10.1. The molecule has 0 aromatic heterocycles. The molecule has 1 aromatic rings. The van der Waals surface area contributed by atoms with Crippen molar-refractivity contribution in [2.45, 2.75) is 26.4 Å². The number of benzene rings is 1. The first-order chi connectivity index (χ1) is 9.50. The Morgan fingerprint density at radius 2 is 2.15 bits per heavy atom. The number of imide groups is 1. The predicted molar refractivity (Wildman–Crippen MR) is 76.3 cm³/mol. The lowest BCUT2D eigenvalue weighted by Crippen LogP contribution is -3.12. The number of hydrogen-bond donors (Lipinski definition) is 2. The number of nitrogens with zero attached hydrogens (tertiary/aromatic N) is 1. The molecule has 1 heterocycles. The number of aryl methyl sites for hydroxylation is 1. The van der Waals surface area contributed by atoms with E-state index in [4.69, 9.17) is 0 Å². The van der Waals surface area contributed by atoms with Crippen LogP contribution in [0.4, 0.5) is 4.79 Å². The van der Waals surface area contributed by atoms with Crippen LogP contribution in [0.3, 0.4) is 0 Å². The minimum atomic E-state index is -0.273. The van der Waals surface area contributed by atoms with Gasteiger partial charge >= 0.3 is 6.03 Å². The van der Waals surface area contributed by atoms with Gasteiger partial charge < -0.3 is 10.2 Å². The Morgan fingerprint density at radius 3 is 2.75 bits per heavy atom. The van der Waals surface area contributed by atoms with Gasteiger partial charge in [-0.05, 0) is 19.4 Å². The van der Waals surface area contributed by atoms with Crippen LogP contribution < -0.4 is 10.2 Å². The van der Waals surface area contributed by atoms with E-state index in [9.17, 15) is 9.59 Å². The minimum absolute atomic E-state index is 0.105. The number of quaternary nitrogens is 1. The van der Waals surface area contributed by atoms with E-state index in [0.717, 1.165) is 11.4 Å². The van der Waals surface area contributed by atoms with Crippen molar-refractivity contribution in [3.63, 3.8) is 0 Å². The standard InChI is InChI=1S/C15H21N3O2/c1-11-6-4-5-7-13(11)10-17(3)12(2)14(19)18-9-8-16-15(18)20/h4-7,12H,8-10H2,1-3H3,(H,16,20)/p+1/t12-/m0/s1. The number of nitrogens with one attached hydrogen (secondary N) is 2. The molecule has 0 saturated carbocycles. The Morgan fingerprint density at radius 1 is 1.45 bits per heavy atom. The van der Waals surface area contributed by atoms with E-state index < -0.39 is 0 Å². The lowest BCUT2D eigenvalue weighted by Gasteiger charge is -2.24. The molecule has 1 aliphatic heterocycles. The second-order valence-corrected chi connectivity index (χ2v) is 5.39. The fraction of sp³-hybridized carbons (Fsp3) is 0.467. The van der Waals surface area contributed by atoms with Gasteiger partial charge in [-0.25, -0.2) is 4.79 Å². The molecule has 2 rings (SSSR count). The molecule has 108 valence electrons. The van der Waals surface area contributed by atoms with Crippen molar-refractivity contribution in [3.05, 3.63) is 35.4 Å². The van der Waals surface area contributed by atoms with Gasteiger partial charge in [0.15, 0.2) is 6.04 Å². The van der Waals surface area contributed by atoms with Gasteiger partial charge in [0.25, 0.3) is 5.91 Å². The number of carbonyl (C=O) groups excluding carboxylic acids is 2. The largest absolute Gasteiger partial charge is 0.336 e. The number of hydrogen-bond acceptors (Lipinski definition) is 2. The molecule has 5 nitrogen and oxygen atoms in total. The quantitative estimate of drug-likeness (QED) is 0.810. The van der Waals surface area contributed by atoms with Crippen LogP contribution in [0.2, 0.25) is 0 Å². The normalized spacial score (nSPS) is 17.8. The summed E-state index contributed by atoms with van der Waals surface area (Å²) in [4.78, 5) is 26.3. The number of likely N-dealkylation sites (N-methyl/N-ethyl adjacent to an activating group) is 1. The molecular formula is C15H22N3O2+. The first kappa shape index (κ1) is 14.5. The zero-order valence-electron chi connectivity index (χ0n) is 12.3. The summed E-state index contributed by atoms with van der Waals surface area (Å²) in [6.45, 7) is 5.74. The molecule has 20 heavy (non-hydrogen) atoms. The van der Waals surface area contributed by atoms with Crippen LogP contribution in [0.15, 0.2) is 24.3 Å². The van der Waals surface area contributed by atoms with Crippen LogP contribution in [-0.2, 0) is 11.3 Å². The van der Waals surface area contributed by atoms with Gasteiger partial charge in [-0.15, -0.1) is 0 Å². The predicted octanol–water partition coefficient (Wildman–Crippen LogP) is -0.0500. The SMILES string of the molecule is Cc1ccccc1C[NH+](C)[C@@H](C)C(=O)N1CCNC1=O. The Labute approximate surface area is 119 Å². The van der Waals surface area contributed by atoms with Crippen molar-refractivity contribution < 1.29 is 14.5 Å². The molecule has 1 saturated heterocycles. The monoisotopic (exact) mass is 276 g/mol. The van der Waals surface area contributed by atoms with Gasteiger partial charge in [0.2, 0.25) is 0 Å². The van der Waals surface area contributed by atoms with Crippen molar-refractivity contribution >= 4 is 11.9 Å². The van der Waals surface area contributed by atoms with Crippen LogP contribution in [0, 0.1) is 6.92 Å². The molecular weight excluding hydrogens is 254 g/mol. The van der Waals surface area contributed by atoms with Crippen LogP contribution >= 0.6 is 0 Å². The average Bonchev–Trinajstić information content (AvgIpc) is 2.86. The van der Waals surface area contributed by atoms with Crippen molar-refractivity contribution in [2.75, 3.05) is 20.1 Å². The van der Waals surface area contributed by atoms with Gasteiger partial charge in [-0.1, -0.05) is 24.3 Å². The number of amides is 3. The number of carbonyl (C=O) groups is 2. The molecule has 0 spiro atoms. The van der Waals surface area contributed by atoms with Gasteiger partial charge in [0, 0.05) is 18.7 Å². The third-order valence-electron chi connectivity index (χ3n) is 3.96. The third-order valence-corrected chi connectivity index (χ3v) is 3.96. The summed E-state index contributed by atoms with van der Waals surface area (Å²) >= 11 is 0. The Hall–Kier alpha value is -1.88. The summed E-state index contributed by atoms with van der Waals surface area (Å²) in [5.74, 6) is -0.105.